The van der Waals surface area contributed by atoms with Crippen LogP contribution < -0.4 is 5.32 Å². The van der Waals surface area contributed by atoms with Crippen LogP contribution in [0.15, 0.2) is 0 Å². The molecule has 0 aromatic carbocycles. The van der Waals surface area contributed by atoms with Crippen molar-refractivity contribution in [3.8, 4) is 0 Å². The van der Waals surface area contributed by atoms with Gasteiger partial charge in [0.2, 0.25) is 0 Å². The van der Waals surface area contributed by atoms with E-state index < -0.39 is 8.80 Å². The Morgan fingerprint density at radius 2 is 1.88 bits per heavy atom. The van der Waals surface area contributed by atoms with Gasteiger partial charge in [0.1, 0.15) is 0 Å². The van der Waals surface area contributed by atoms with Gasteiger partial charge in [-0.05, 0) is 25.9 Å². The first-order valence-corrected chi connectivity index (χ1v) is 7.78. The molecule has 0 saturated carbocycles. The van der Waals surface area contributed by atoms with Crippen LogP contribution in [0.25, 0.3) is 0 Å². The Labute approximate surface area is 99.4 Å². The summed E-state index contributed by atoms with van der Waals surface area (Å²) in [5.74, 6) is 0. The van der Waals surface area contributed by atoms with E-state index in [2.05, 4.69) is 10.2 Å². The molecule has 1 saturated heterocycles. The summed E-state index contributed by atoms with van der Waals surface area (Å²) in [6.45, 7) is 4.41. The zero-order chi connectivity index (χ0) is 11.9. The molecule has 1 heterocycles. The van der Waals surface area contributed by atoms with E-state index in [0.717, 1.165) is 32.2 Å². The molecule has 1 rings (SSSR count). The fraction of sp³-hybridized carbons (Fsp3) is 1.00. The van der Waals surface area contributed by atoms with Crippen molar-refractivity contribution in [2.24, 2.45) is 0 Å². The maximum absolute atomic E-state index is 5.39. The molecule has 0 aromatic rings. The van der Waals surface area contributed by atoms with Crippen LogP contribution in [-0.4, -0.2) is 61.3 Å². The van der Waals surface area contributed by atoms with Crippen molar-refractivity contribution in [2.75, 3.05) is 47.6 Å². The summed E-state index contributed by atoms with van der Waals surface area (Å²) in [6.07, 6.45) is 2.30. The van der Waals surface area contributed by atoms with Gasteiger partial charge in [0, 0.05) is 40.6 Å². The average molecular weight is 248 g/mol. The molecule has 0 unspecified atom stereocenters. The van der Waals surface area contributed by atoms with Crippen LogP contribution in [0.5, 0.6) is 0 Å². The second kappa shape index (κ2) is 7.36. The summed E-state index contributed by atoms with van der Waals surface area (Å²) in [4.78, 5) is 2.42. The van der Waals surface area contributed by atoms with Gasteiger partial charge in [0.05, 0.1) is 0 Å². The molecule has 1 aliphatic heterocycles. The highest BCUT2D eigenvalue weighted by Crippen LogP contribution is 2.15. The SMILES string of the molecule is CO[Si](CCCN1CCCNC1)(OC)OC. The Bertz CT molecular complexity index is 177. The molecule has 0 bridgehead atoms. The summed E-state index contributed by atoms with van der Waals surface area (Å²) >= 11 is 0. The third-order valence-corrected chi connectivity index (χ3v) is 5.89. The second-order valence-electron chi connectivity index (χ2n) is 4.03. The van der Waals surface area contributed by atoms with Crippen molar-refractivity contribution in [1.29, 1.82) is 0 Å². The van der Waals surface area contributed by atoms with Gasteiger partial charge in [-0.25, -0.2) is 0 Å². The van der Waals surface area contributed by atoms with Crippen molar-refractivity contribution in [3.63, 3.8) is 0 Å². The molecular formula is C10H24N2O3Si. The molecule has 0 aromatic heterocycles. The Hall–Kier alpha value is 0.0169. The fourth-order valence-electron chi connectivity index (χ4n) is 2.01. The van der Waals surface area contributed by atoms with E-state index in [1.54, 1.807) is 21.3 Å². The third kappa shape index (κ3) is 4.12. The molecular weight excluding hydrogens is 224 g/mol. The van der Waals surface area contributed by atoms with Crippen molar-refractivity contribution in [3.05, 3.63) is 0 Å². The minimum Gasteiger partial charge on any atom is -0.377 e. The molecule has 0 spiro atoms. The Balaban J connectivity index is 2.21. The van der Waals surface area contributed by atoms with Crippen LogP contribution in [0.3, 0.4) is 0 Å². The quantitative estimate of drug-likeness (QED) is 0.665. The molecule has 1 aliphatic rings. The average Bonchev–Trinajstić information content (AvgIpc) is 2.37. The number of nitrogens with one attached hydrogen (secondary N) is 1. The van der Waals surface area contributed by atoms with Gasteiger partial charge in [0.15, 0.2) is 0 Å². The van der Waals surface area contributed by atoms with Crippen LogP contribution >= 0.6 is 0 Å². The Kier molecular flexibility index (Phi) is 6.48. The monoisotopic (exact) mass is 248 g/mol. The first-order chi connectivity index (χ1) is 7.76. The predicted molar refractivity (Wildman–Crippen MR) is 65.3 cm³/mol. The first kappa shape index (κ1) is 14.1. The zero-order valence-electron chi connectivity index (χ0n) is 10.6. The molecule has 1 fully saturated rings. The van der Waals surface area contributed by atoms with Gasteiger partial charge in [0.25, 0.3) is 0 Å². The van der Waals surface area contributed by atoms with Crippen molar-refractivity contribution < 1.29 is 13.3 Å². The molecule has 1 N–H and O–H groups in total. The molecule has 5 nitrogen and oxygen atoms in total. The highest BCUT2D eigenvalue weighted by Gasteiger charge is 2.37. The van der Waals surface area contributed by atoms with Crippen LogP contribution in [0.1, 0.15) is 12.8 Å². The van der Waals surface area contributed by atoms with Crippen molar-refractivity contribution in [1.82, 2.24) is 10.2 Å². The van der Waals surface area contributed by atoms with E-state index in [9.17, 15) is 0 Å². The van der Waals surface area contributed by atoms with Crippen LogP contribution in [0.2, 0.25) is 6.04 Å². The van der Waals surface area contributed by atoms with E-state index in [-0.39, 0.29) is 0 Å². The van der Waals surface area contributed by atoms with Crippen LogP contribution in [-0.2, 0) is 13.3 Å². The number of hydrogen-bond acceptors (Lipinski definition) is 5. The summed E-state index contributed by atoms with van der Waals surface area (Å²) in [6, 6.07) is 0.882. The number of rotatable bonds is 7. The lowest BCUT2D eigenvalue weighted by Crippen LogP contribution is -2.45. The highest BCUT2D eigenvalue weighted by molar-refractivity contribution is 6.60. The highest BCUT2D eigenvalue weighted by atomic mass is 28.4. The molecule has 0 radical (unpaired) electrons. The number of nitrogens with zero attached hydrogens (tertiary/aromatic N) is 1. The van der Waals surface area contributed by atoms with Crippen molar-refractivity contribution in [2.45, 2.75) is 18.9 Å². The molecule has 0 amide bonds. The second-order valence-corrected chi connectivity index (χ2v) is 7.12. The lowest BCUT2D eigenvalue weighted by Gasteiger charge is -2.29. The molecule has 0 atom stereocenters. The van der Waals surface area contributed by atoms with Crippen molar-refractivity contribution >= 4 is 8.80 Å². The topological polar surface area (TPSA) is 43.0 Å². The fourth-order valence-corrected chi connectivity index (χ4v) is 3.71. The van der Waals surface area contributed by atoms with Gasteiger partial charge >= 0.3 is 8.80 Å². The van der Waals surface area contributed by atoms with Gasteiger partial charge < -0.3 is 18.6 Å². The molecule has 96 valence electrons. The lowest BCUT2D eigenvalue weighted by molar-refractivity contribution is 0.120. The van der Waals surface area contributed by atoms with E-state index in [1.807, 2.05) is 0 Å². The predicted octanol–water partition coefficient (Wildman–Crippen LogP) is 0.507. The smallest absolute Gasteiger partial charge is 0.377 e. The Morgan fingerprint density at radius 1 is 1.19 bits per heavy atom. The first-order valence-electron chi connectivity index (χ1n) is 5.85. The molecule has 6 heteroatoms. The maximum atomic E-state index is 5.39. The molecule has 0 aliphatic carbocycles. The van der Waals surface area contributed by atoms with E-state index in [0.29, 0.717) is 0 Å². The maximum Gasteiger partial charge on any atom is 0.500 e. The third-order valence-electron chi connectivity index (χ3n) is 3.05. The zero-order valence-corrected chi connectivity index (χ0v) is 11.6. The summed E-state index contributed by atoms with van der Waals surface area (Å²) in [5.41, 5.74) is 0. The van der Waals surface area contributed by atoms with E-state index in [4.69, 9.17) is 13.3 Å². The Morgan fingerprint density at radius 3 is 2.38 bits per heavy atom. The normalized spacial score (nSPS) is 18.9. The lowest BCUT2D eigenvalue weighted by atomic mass is 10.3. The standard InChI is InChI=1S/C10H24N2O3Si/c1-13-16(14-2,15-3)9-5-8-12-7-4-6-11-10-12/h11H,4-10H2,1-3H3. The van der Waals surface area contributed by atoms with Crippen LogP contribution in [0.4, 0.5) is 0 Å². The van der Waals surface area contributed by atoms with Gasteiger partial charge in [-0.3, -0.25) is 4.90 Å². The summed E-state index contributed by atoms with van der Waals surface area (Å²) in [5, 5.41) is 3.37. The summed E-state index contributed by atoms with van der Waals surface area (Å²) in [7, 11) is 2.66. The number of hydrogen-bond donors (Lipinski definition) is 1. The van der Waals surface area contributed by atoms with Crippen LogP contribution in [0, 0.1) is 0 Å². The van der Waals surface area contributed by atoms with Gasteiger partial charge in [-0.1, -0.05) is 0 Å². The van der Waals surface area contributed by atoms with Gasteiger partial charge in [-0.15, -0.1) is 0 Å². The van der Waals surface area contributed by atoms with E-state index in [1.165, 1.54) is 13.0 Å². The largest absolute Gasteiger partial charge is 0.500 e. The minimum absolute atomic E-state index is 0.882. The molecule has 16 heavy (non-hydrogen) atoms. The summed E-state index contributed by atoms with van der Waals surface area (Å²) < 4.78 is 16.2. The minimum atomic E-state index is -2.35. The van der Waals surface area contributed by atoms with Gasteiger partial charge in [-0.2, -0.15) is 0 Å². The van der Waals surface area contributed by atoms with E-state index >= 15 is 0 Å².